The molecule has 3 aromatic rings. The Hall–Kier alpha value is -3.52. The summed E-state index contributed by atoms with van der Waals surface area (Å²) >= 11 is 1.49. The summed E-state index contributed by atoms with van der Waals surface area (Å²) in [6.45, 7) is 4.11. The first-order valence-corrected chi connectivity index (χ1v) is 12.8. The van der Waals surface area contributed by atoms with Crippen molar-refractivity contribution < 1.29 is 14.4 Å². The summed E-state index contributed by atoms with van der Waals surface area (Å²) in [5.41, 5.74) is 5.89. The smallest absolute Gasteiger partial charge is 0.252 e. The SMILES string of the molecule is Cc1ncc2c(c1CNC(=O)c1ccsc1)CCN(C(=O)CN1C[C@H](c3ccccc3)CC1=O)C2. The second-order valence-electron chi connectivity index (χ2n) is 9.17. The molecule has 0 radical (unpaired) electrons. The lowest BCUT2D eigenvalue weighted by Gasteiger charge is -2.31. The molecule has 1 saturated heterocycles. The molecule has 0 bridgehead atoms. The quantitative estimate of drug-likeness (QED) is 0.577. The lowest BCUT2D eigenvalue weighted by atomic mass is 9.94. The van der Waals surface area contributed by atoms with Crippen LogP contribution >= 0.6 is 11.3 Å². The number of thiophene rings is 1. The lowest BCUT2D eigenvalue weighted by molar-refractivity contribution is -0.139. The van der Waals surface area contributed by atoms with Gasteiger partial charge in [-0.1, -0.05) is 30.3 Å². The summed E-state index contributed by atoms with van der Waals surface area (Å²) in [5.74, 6) is 0.0358. The van der Waals surface area contributed by atoms with Gasteiger partial charge in [0.2, 0.25) is 11.8 Å². The maximum atomic E-state index is 13.1. The summed E-state index contributed by atoms with van der Waals surface area (Å²) in [4.78, 5) is 46.1. The van der Waals surface area contributed by atoms with Crippen molar-refractivity contribution in [1.29, 1.82) is 0 Å². The molecule has 0 unspecified atom stereocenters. The van der Waals surface area contributed by atoms with Crippen molar-refractivity contribution in [2.24, 2.45) is 0 Å². The Bertz CT molecular complexity index is 1240. The molecule has 35 heavy (non-hydrogen) atoms. The number of fused-ring (bicyclic) bond motifs is 1. The fourth-order valence-electron chi connectivity index (χ4n) is 4.97. The van der Waals surface area contributed by atoms with E-state index in [2.05, 4.69) is 10.3 Å². The van der Waals surface area contributed by atoms with Crippen LogP contribution in [0.25, 0.3) is 0 Å². The lowest BCUT2D eigenvalue weighted by Crippen LogP contribution is -2.43. The molecule has 1 aromatic carbocycles. The van der Waals surface area contributed by atoms with Crippen molar-refractivity contribution in [2.45, 2.75) is 38.8 Å². The number of amides is 3. The summed E-state index contributed by atoms with van der Waals surface area (Å²) < 4.78 is 0. The van der Waals surface area contributed by atoms with Gasteiger partial charge in [0.25, 0.3) is 5.91 Å². The van der Waals surface area contributed by atoms with Crippen LogP contribution in [-0.2, 0) is 29.1 Å². The molecule has 1 N–H and O–H groups in total. The standard InChI is InChI=1S/C27H28N4O3S/c1-18-24(13-29-27(34)20-8-10-35-17-20)23-7-9-30(15-22(23)12-28-18)26(33)16-31-14-21(11-25(31)32)19-5-3-2-4-6-19/h2-6,8,10,12,17,21H,7,9,11,13-16H2,1H3,(H,29,34)/t21-/m1/s1. The largest absolute Gasteiger partial charge is 0.348 e. The number of nitrogens with zero attached hydrogens (tertiary/aromatic N) is 3. The molecule has 2 aliphatic rings. The first-order chi connectivity index (χ1) is 17.0. The highest BCUT2D eigenvalue weighted by atomic mass is 32.1. The van der Waals surface area contributed by atoms with Crippen LogP contribution in [0.5, 0.6) is 0 Å². The summed E-state index contributed by atoms with van der Waals surface area (Å²) in [7, 11) is 0. The van der Waals surface area contributed by atoms with Crippen LogP contribution in [0.15, 0.2) is 53.4 Å². The van der Waals surface area contributed by atoms with Crippen molar-refractivity contribution >= 4 is 29.1 Å². The third-order valence-electron chi connectivity index (χ3n) is 6.97. The second-order valence-corrected chi connectivity index (χ2v) is 9.95. The van der Waals surface area contributed by atoms with Crippen LogP contribution in [0.3, 0.4) is 0 Å². The predicted octanol–water partition coefficient (Wildman–Crippen LogP) is 3.28. The van der Waals surface area contributed by atoms with Crippen LogP contribution in [0.2, 0.25) is 0 Å². The van der Waals surface area contributed by atoms with Gasteiger partial charge in [-0.25, -0.2) is 0 Å². The van der Waals surface area contributed by atoms with Gasteiger partial charge in [0, 0.05) is 61.4 Å². The number of likely N-dealkylation sites (tertiary alicyclic amines) is 1. The monoisotopic (exact) mass is 488 g/mol. The average Bonchev–Trinajstić information content (AvgIpc) is 3.54. The normalized spacial score (nSPS) is 17.4. The Balaban J connectivity index is 1.22. The molecule has 1 fully saturated rings. The molecule has 5 rings (SSSR count). The number of hydrogen-bond donors (Lipinski definition) is 1. The summed E-state index contributed by atoms with van der Waals surface area (Å²) in [6, 6.07) is 11.8. The van der Waals surface area contributed by atoms with E-state index in [1.165, 1.54) is 11.3 Å². The highest BCUT2D eigenvalue weighted by Gasteiger charge is 2.33. The van der Waals surface area contributed by atoms with Crippen molar-refractivity contribution in [3.8, 4) is 0 Å². The van der Waals surface area contributed by atoms with Crippen LogP contribution in [0.4, 0.5) is 0 Å². The van der Waals surface area contributed by atoms with E-state index in [1.807, 2.05) is 65.2 Å². The van der Waals surface area contributed by atoms with E-state index in [0.29, 0.717) is 44.6 Å². The van der Waals surface area contributed by atoms with Crippen molar-refractivity contribution in [3.63, 3.8) is 0 Å². The summed E-state index contributed by atoms with van der Waals surface area (Å²) in [5, 5.41) is 6.72. The Morgan fingerprint density at radius 3 is 2.80 bits per heavy atom. The number of carbonyl (C=O) groups is 3. The first kappa shape index (κ1) is 23.2. The molecule has 0 spiro atoms. The zero-order valence-corrected chi connectivity index (χ0v) is 20.5. The Morgan fingerprint density at radius 2 is 2.03 bits per heavy atom. The number of benzene rings is 1. The average molecular weight is 489 g/mol. The van der Waals surface area contributed by atoms with Gasteiger partial charge >= 0.3 is 0 Å². The molecule has 2 aliphatic heterocycles. The van der Waals surface area contributed by atoms with E-state index in [9.17, 15) is 14.4 Å². The molecule has 2 aromatic heterocycles. The van der Waals surface area contributed by atoms with Gasteiger partial charge in [-0.15, -0.1) is 0 Å². The van der Waals surface area contributed by atoms with Gasteiger partial charge < -0.3 is 15.1 Å². The zero-order valence-electron chi connectivity index (χ0n) is 19.7. The molecule has 180 valence electrons. The number of hydrogen-bond acceptors (Lipinski definition) is 5. The van der Waals surface area contributed by atoms with Crippen LogP contribution in [-0.4, -0.2) is 52.1 Å². The van der Waals surface area contributed by atoms with Crippen LogP contribution in [0, 0.1) is 6.92 Å². The third kappa shape index (κ3) is 4.98. The minimum absolute atomic E-state index is 0.0329. The Kier molecular flexibility index (Phi) is 6.63. The third-order valence-corrected chi connectivity index (χ3v) is 7.65. The molecular weight excluding hydrogens is 460 g/mol. The number of aromatic nitrogens is 1. The molecule has 3 amide bonds. The number of nitrogens with one attached hydrogen (secondary N) is 1. The van der Waals surface area contributed by atoms with Crippen molar-refractivity contribution in [1.82, 2.24) is 20.1 Å². The minimum Gasteiger partial charge on any atom is -0.348 e. The van der Waals surface area contributed by atoms with E-state index < -0.39 is 0 Å². The number of aryl methyl sites for hydroxylation is 1. The molecule has 0 saturated carbocycles. The highest BCUT2D eigenvalue weighted by Crippen LogP contribution is 2.29. The molecule has 0 aliphatic carbocycles. The van der Waals surface area contributed by atoms with Gasteiger partial charge in [0.15, 0.2) is 0 Å². The Morgan fingerprint density at radius 1 is 1.20 bits per heavy atom. The van der Waals surface area contributed by atoms with E-state index in [1.54, 1.807) is 4.90 Å². The fourth-order valence-corrected chi connectivity index (χ4v) is 5.61. The van der Waals surface area contributed by atoms with E-state index in [4.69, 9.17) is 0 Å². The Labute approximate surface area is 208 Å². The summed E-state index contributed by atoms with van der Waals surface area (Å²) in [6.07, 6.45) is 2.99. The van der Waals surface area contributed by atoms with Crippen molar-refractivity contribution in [2.75, 3.05) is 19.6 Å². The van der Waals surface area contributed by atoms with Gasteiger partial charge in [-0.3, -0.25) is 19.4 Å². The van der Waals surface area contributed by atoms with Crippen LogP contribution < -0.4 is 5.32 Å². The van der Waals surface area contributed by atoms with E-state index in [-0.39, 0.29) is 30.2 Å². The molecule has 1 atom stereocenters. The second kappa shape index (κ2) is 10.00. The van der Waals surface area contributed by atoms with Crippen molar-refractivity contribution in [3.05, 3.63) is 86.9 Å². The maximum absolute atomic E-state index is 13.1. The first-order valence-electron chi connectivity index (χ1n) is 11.9. The van der Waals surface area contributed by atoms with Gasteiger partial charge in [-0.2, -0.15) is 11.3 Å². The maximum Gasteiger partial charge on any atom is 0.252 e. The predicted molar refractivity (Wildman–Crippen MR) is 134 cm³/mol. The molecule has 4 heterocycles. The molecule has 8 heteroatoms. The topological polar surface area (TPSA) is 82.6 Å². The number of rotatable bonds is 6. The van der Waals surface area contributed by atoms with E-state index in [0.717, 1.165) is 27.9 Å². The zero-order chi connectivity index (χ0) is 24.4. The van der Waals surface area contributed by atoms with Gasteiger partial charge in [0.1, 0.15) is 0 Å². The molecular formula is C27H28N4O3S. The van der Waals surface area contributed by atoms with Gasteiger partial charge in [-0.05, 0) is 47.0 Å². The molecule has 7 nitrogen and oxygen atoms in total. The highest BCUT2D eigenvalue weighted by molar-refractivity contribution is 7.08. The number of carbonyl (C=O) groups excluding carboxylic acids is 3. The van der Waals surface area contributed by atoms with Gasteiger partial charge in [0.05, 0.1) is 6.54 Å². The number of pyridine rings is 1. The van der Waals surface area contributed by atoms with E-state index >= 15 is 0 Å². The van der Waals surface area contributed by atoms with Crippen LogP contribution in [0.1, 0.15) is 50.6 Å². The minimum atomic E-state index is -0.0973. The fraction of sp³-hybridized carbons (Fsp3) is 0.333.